The van der Waals surface area contributed by atoms with Crippen LogP contribution in [0.25, 0.3) is 0 Å². The fraction of sp³-hybridized carbons (Fsp3) is 0.211. The number of amides is 2. The summed E-state index contributed by atoms with van der Waals surface area (Å²) in [7, 11) is 0. The van der Waals surface area contributed by atoms with Gasteiger partial charge in [0.1, 0.15) is 12.4 Å². The molecular weight excluding hydrogens is 355 g/mol. The van der Waals surface area contributed by atoms with Gasteiger partial charge in [0.25, 0.3) is 0 Å². The second-order valence-electron chi connectivity index (χ2n) is 5.69. The number of benzene rings is 2. The lowest BCUT2D eigenvalue weighted by Gasteiger charge is -2.08. The molecule has 0 aliphatic carbocycles. The van der Waals surface area contributed by atoms with Gasteiger partial charge in [-0.3, -0.25) is 9.59 Å². The first-order valence-electron chi connectivity index (χ1n) is 8.18. The molecule has 27 heavy (non-hydrogen) atoms. The highest BCUT2D eigenvalue weighted by molar-refractivity contribution is 5.92. The second kappa shape index (κ2) is 9.91. The average molecular weight is 374 g/mol. The molecule has 2 aromatic rings. The molecule has 2 amide bonds. The molecular formula is C19H19FN2O5. The number of anilines is 1. The van der Waals surface area contributed by atoms with Crippen molar-refractivity contribution in [3.05, 3.63) is 65.5 Å². The number of carboxylic acid groups (broad SMARTS) is 1. The zero-order valence-corrected chi connectivity index (χ0v) is 14.4. The number of carbonyl (C=O) groups is 3. The first-order chi connectivity index (χ1) is 12.9. The molecule has 0 bridgehead atoms. The number of carbonyl (C=O) groups excluding carboxylic acids is 2. The lowest BCUT2D eigenvalue weighted by atomic mass is 10.1. The van der Waals surface area contributed by atoms with Crippen LogP contribution in [0.2, 0.25) is 0 Å². The lowest BCUT2D eigenvalue weighted by Crippen LogP contribution is -2.26. The number of rotatable bonds is 8. The Kier molecular flexibility index (Phi) is 7.30. The highest BCUT2D eigenvalue weighted by atomic mass is 19.1. The summed E-state index contributed by atoms with van der Waals surface area (Å²) in [6, 6.07) is 12.4. The van der Waals surface area contributed by atoms with E-state index in [-0.39, 0.29) is 37.7 Å². The smallest absolute Gasteiger partial charge is 0.407 e. The van der Waals surface area contributed by atoms with Gasteiger partial charge in [-0.1, -0.05) is 24.3 Å². The van der Waals surface area contributed by atoms with Gasteiger partial charge in [-0.2, -0.15) is 0 Å². The first kappa shape index (κ1) is 19.9. The Labute approximate surface area is 155 Å². The molecule has 0 aliphatic heterocycles. The maximum Gasteiger partial charge on any atom is 0.407 e. The zero-order chi connectivity index (χ0) is 19.6. The van der Waals surface area contributed by atoms with Crippen molar-refractivity contribution in [3.63, 3.8) is 0 Å². The summed E-state index contributed by atoms with van der Waals surface area (Å²) in [6.45, 7) is 0.00982. The van der Waals surface area contributed by atoms with E-state index in [1.54, 1.807) is 36.4 Å². The van der Waals surface area contributed by atoms with Crippen LogP contribution in [0, 0.1) is 5.82 Å². The van der Waals surface area contributed by atoms with E-state index in [2.05, 4.69) is 10.6 Å². The second-order valence-corrected chi connectivity index (χ2v) is 5.69. The number of halogens is 1. The van der Waals surface area contributed by atoms with Crippen LogP contribution in [-0.4, -0.2) is 29.6 Å². The molecule has 0 radical (unpaired) electrons. The molecule has 142 valence electrons. The molecule has 0 heterocycles. The third kappa shape index (κ3) is 7.55. The van der Waals surface area contributed by atoms with Gasteiger partial charge in [-0.25, -0.2) is 9.18 Å². The Balaban J connectivity index is 1.75. The minimum atomic E-state index is -1.01. The third-order valence-electron chi connectivity index (χ3n) is 3.49. The van der Waals surface area contributed by atoms with E-state index in [4.69, 9.17) is 9.84 Å². The van der Waals surface area contributed by atoms with E-state index in [9.17, 15) is 18.8 Å². The zero-order valence-electron chi connectivity index (χ0n) is 14.4. The third-order valence-corrected chi connectivity index (χ3v) is 3.49. The molecule has 0 aromatic heterocycles. The molecule has 2 aromatic carbocycles. The maximum absolute atomic E-state index is 12.9. The molecule has 7 nitrogen and oxygen atoms in total. The van der Waals surface area contributed by atoms with Gasteiger partial charge in [0, 0.05) is 12.2 Å². The Hall–Kier alpha value is -3.42. The van der Waals surface area contributed by atoms with Gasteiger partial charge in [0.05, 0.1) is 12.8 Å². The standard InChI is InChI=1S/C19H19FN2O5/c20-15-5-1-13(2-6-15)11-17(23)22-16-7-3-14(4-8-16)12-27-19(26)21-10-9-18(24)25/h1-8H,9-12H2,(H,21,26)(H,22,23)(H,24,25). The molecule has 0 fully saturated rings. The van der Waals surface area contributed by atoms with E-state index < -0.39 is 12.1 Å². The summed E-state index contributed by atoms with van der Waals surface area (Å²) < 4.78 is 17.8. The van der Waals surface area contributed by atoms with Crippen LogP contribution in [0.15, 0.2) is 48.5 Å². The van der Waals surface area contributed by atoms with Crippen molar-refractivity contribution >= 4 is 23.7 Å². The Morgan fingerprint density at radius 3 is 2.22 bits per heavy atom. The summed E-state index contributed by atoms with van der Waals surface area (Å²) in [5, 5.41) is 13.5. The Morgan fingerprint density at radius 1 is 0.963 bits per heavy atom. The highest BCUT2D eigenvalue weighted by Gasteiger charge is 2.06. The Morgan fingerprint density at radius 2 is 1.59 bits per heavy atom. The predicted octanol–water partition coefficient (Wildman–Crippen LogP) is 2.71. The van der Waals surface area contributed by atoms with Crippen molar-refractivity contribution in [1.29, 1.82) is 0 Å². The van der Waals surface area contributed by atoms with Crippen LogP contribution in [0.3, 0.4) is 0 Å². The molecule has 8 heteroatoms. The minimum absolute atomic E-state index is 0.00675. The maximum atomic E-state index is 12.9. The van der Waals surface area contributed by atoms with E-state index in [0.717, 1.165) is 0 Å². The molecule has 0 unspecified atom stereocenters. The van der Waals surface area contributed by atoms with Crippen molar-refractivity contribution in [2.75, 3.05) is 11.9 Å². The van der Waals surface area contributed by atoms with Crippen molar-refractivity contribution < 1.29 is 28.6 Å². The number of alkyl carbamates (subject to hydrolysis) is 1. The average Bonchev–Trinajstić information content (AvgIpc) is 2.63. The summed E-state index contributed by atoms with van der Waals surface area (Å²) in [5.74, 6) is -1.59. The Bertz CT molecular complexity index is 791. The summed E-state index contributed by atoms with van der Waals surface area (Å²) in [4.78, 5) is 33.7. The van der Waals surface area contributed by atoms with Crippen molar-refractivity contribution in [1.82, 2.24) is 5.32 Å². The number of carboxylic acids is 1. The monoisotopic (exact) mass is 374 g/mol. The highest BCUT2D eigenvalue weighted by Crippen LogP contribution is 2.12. The predicted molar refractivity (Wildman–Crippen MR) is 95.6 cm³/mol. The van der Waals surface area contributed by atoms with Crippen molar-refractivity contribution in [2.45, 2.75) is 19.4 Å². The lowest BCUT2D eigenvalue weighted by molar-refractivity contribution is -0.136. The number of aliphatic carboxylic acids is 1. The fourth-order valence-corrected chi connectivity index (χ4v) is 2.15. The van der Waals surface area contributed by atoms with Gasteiger partial charge >= 0.3 is 12.1 Å². The first-order valence-corrected chi connectivity index (χ1v) is 8.18. The number of nitrogens with one attached hydrogen (secondary N) is 2. The van der Waals surface area contributed by atoms with Crippen molar-refractivity contribution in [3.8, 4) is 0 Å². The number of hydrogen-bond acceptors (Lipinski definition) is 4. The molecule has 0 saturated heterocycles. The fourth-order valence-electron chi connectivity index (χ4n) is 2.15. The van der Waals surface area contributed by atoms with Crippen LogP contribution < -0.4 is 10.6 Å². The summed E-state index contributed by atoms with van der Waals surface area (Å²) in [6.07, 6.45) is -0.753. The van der Waals surface area contributed by atoms with Crippen LogP contribution in [0.5, 0.6) is 0 Å². The molecule has 2 rings (SSSR count). The van der Waals surface area contributed by atoms with Crippen LogP contribution in [0.1, 0.15) is 17.5 Å². The van der Waals surface area contributed by atoms with Crippen LogP contribution >= 0.6 is 0 Å². The molecule has 0 aliphatic rings. The largest absolute Gasteiger partial charge is 0.481 e. The van der Waals surface area contributed by atoms with Crippen LogP contribution in [-0.2, 0) is 27.4 Å². The summed E-state index contributed by atoms with van der Waals surface area (Å²) >= 11 is 0. The van der Waals surface area contributed by atoms with E-state index in [1.165, 1.54) is 12.1 Å². The van der Waals surface area contributed by atoms with Crippen LogP contribution in [0.4, 0.5) is 14.9 Å². The van der Waals surface area contributed by atoms with Gasteiger partial charge in [0.2, 0.25) is 5.91 Å². The van der Waals surface area contributed by atoms with E-state index in [0.29, 0.717) is 16.8 Å². The number of ether oxygens (including phenoxy) is 1. The van der Waals surface area contributed by atoms with Crippen molar-refractivity contribution in [2.24, 2.45) is 0 Å². The molecule has 0 spiro atoms. The number of hydrogen-bond donors (Lipinski definition) is 3. The SMILES string of the molecule is O=C(O)CCNC(=O)OCc1ccc(NC(=O)Cc2ccc(F)cc2)cc1. The van der Waals surface area contributed by atoms with Gasteiger partial charge in [-0.05, 0) is 35.4 Å². The van der Waals surface area contributed by atoms with E-state index in [1.807, 2.05) is 0 Å². The minimum Gasteiger partial charge on any atom is -0.481 e. The quantitative estimate of drug-likeness (QED) is 0.659. The molecule has 0 saturated carbocycles. The normalized spacial score (nSPS) is 10.1. The van der Waals surface area contributed by atoms with Gasteiger partial charge in [-0.15, -0.1) is 0 Å². The van der Waals surface area contributed by atoms with Gasteiger partial charge in [0.15, 0.2) is 0 Å². The van der Waals surface area contributed by atoms with E-state index >= 15 is 0 Å². The topological polar surface area (TPSA) is 105 Å². The van der Waals surface area contributed by atoms with Gasteiger partial charge < -0.3 is 20.5 Å². The summed E-state index contributed by atoms with van der Waals surface area (Å²) in [5.41, 5.74) is 1.99. The molecule has 3 N–H and O–H groups in total. The molecule has 0 atom stereocenters.